The highest BCUT2D eigenvalue weighted by atomic mass is 32.2. The van der Waals surface area contributed by atoms with E-state index in [2.05, 4.69) is 42.6 Å². The van der Waals surface area contributed by atoms with E-state index >= 15 is 0 Å². The van der Waals surface area contributed by atoms with Gasteiger partial charge < -0.3 is 10.2 Å². The summed E-state index contributed by atoms with van der Waals surface area (Å²) < 4.78 is 0. The number of carbonyl (C=O) groups is 2. The molecule has 5 heteroatoms. The number of amides is 2. The summed E-state index contributed by atoms with van der Waals surface area (Å²) in [5, 5.41) is 2.91. The molecule has 4 nitrogen and oxygen atoms in total. The summed E-state index contributed by atoms with van der Waals surface area (Å²) in [5.74, 6) is 1.08. The molecule has 0 saturated heterocycles. The van der Waals surface area contributed by atoms with E-state index in [4.69, 9.17) is 0 Å². The van der Waals surface area contributed by atoms with E-state index in [1.54, 1.807) is 16.7 Å². The van der Waals surface area contributed by atoms with Crippen molar-refractivity contribution in [2.75, 3.05) is 18.8 Å². The van der Waals surface area contributed by atoms with Crippen LogP contribution in [-0.2, 0) is 21.8 Å². The number of aryl methyl sites for hydroxylation is 1. The van der Waals surface area contributed by atoms with Crippen LogP contribution >= 0.6 is 11.8 Å². The van der Waals surface area contributed by atoms with Crippen molar-refractivity contribution in [1.82, 2.24) is 10.2 Å². The molecule has 2 amide bonds. The molecule has 1 atom stereocenters. The molecule has 0 fully saturated rings. The van der Waals surface area contributed by atoms with E-state index in [0.29, 0.717) is 18.8 Å². The van der Waals surface area contributed by atoms with Gasteiger partial charge in [0.05, 0.1) is 5.75 Å². The SMILES string of the molecule is CCCNC(=O)[C@H](C)N(CCc1ccccc1)C(=O)CSCc1cccc(C)c1. The van der Waals surface area contributed by atoms with E-state index in [0.717, 1.165) is 18.6 Å². The van der Waals surface area contributed by atoms with Gasteiger partial charge in [0.25, 0.3) is 0 Å². The predicted octanol–water partition coefficient (Wildman–Crippen LogP) is 4.21. The van der Waals surface area contributed by atoms with Gasteiger partial charge in [-0.1, -0.05) is 67.1 Å². The molecule has 2 aromatic carbocycles. The lowest BCUT2D eigenvalue weighted by atomic mass is 10.1. The Labute approximate surface area is 179 Å². The molecular formula is C24H32N2O2S. The molecule has 0 aliphatic rings. The van der Waals surface area contributed by atoms with Crippen LogP contribution in [0.3, 0.4) is 0 Å². The quantitative estimate of drug-likeness (QED) is 0.601. The summed E-state index contributed by atoms with van der Waals surface area (Å²) in [6, 6.07) is 17.9. The first-order valence-corrected chi connectivity index (χ1v) is 11.4. The second kappa shape index (κ2) is 12.3. The number of carbonyl (C=O) groups excluding carboxylic acids is 2. The molecule has 1 N–H and O–H groups in total. The highest BCUT2D eigenvalue weighted by Crippen LogP contribution is 2.15. The Kier molecular flexibility index (Phi) is 9.78. The van der Waals surface area contributed by atoms with Crippen LogP contribution in [0.1, 0.15) is 37.0 Å². The third kappa shape index (κ3) is 7.94. The summed E-state index contributed by atoms with van der Waals surface area (Å²) in [5.41, 5.74) is 3.60. The first kappa shape index (κ1) is 23.0. The fourth-order valence-corrected chi connectivity index (χ4v) is 3.96. The molecule has 0 heterocycles. The Morgan fingerprint density at radius 1 is 1.07 bits per heavy atom. The van der Waals surface area contributed by atoms with Crippen LogP contribution in [0.2, 0.25) is 0 Å². The lowest BCUT2D eigenvalue weighted by molar-refractivity contribution is -0.137. The molecule has 156 valence electrons. The van der Waals surface area contributed by atoms with Gasteiger partial charge in [0.15, 0.2) is 0 Å². The third-order valence-corrected chi connectivity index (χ3v) is 5.77. The fraction of sp³-hybridized carbons (Fsp3) is 0.417. The van der Waals surface area contributed by atoms with E-state index in [9.17, 15) is 9.59 Å². The average molecular weight is 413 g/mol. The summed E-state index contributed by atoms with van der Waals surface area (Å²) in [4.78, 5) is 27.2. The van der Waals surface area contributed by atoms with Crippen LogP contribution in [0.4, 0.5) is 0 Å². The standard InChI is InChI=1S/C24H32N2O2S/c1-4-14-25-24(28)20(3)26(15-13-21-10-6-5-7-11-21)23(27)18-29-17-22-12-8-9-19(2)16-22/h5-12,16,20H,4,13-15,17-18H2,1-3H3,(H,25,28)/t20-/m0/s1. The second-order valence-electron chi connectivity index (χ2n) is 7.27. The summed E-state index contributed by atoms with van der Waals surface area (Å²) >= 11 is 1.60. The minimum absolute atomic E-state index is 0.0118. The van der Waals surface area contributed by atoms with Crippen LogP contribution in [-0.4, -0.2) is 41.6 Å². The normalized spacial score (nSPS) is 11.7. The molecule has 0 unspecified atom stereocenters. The van der Waals surface area contributed by atoms with Crippen molar-refractivity contribution in [1.29, 1.82) is 0 Å². The molecular weight excluding hydrogens is 380 g/mol. The van der Waals surface area contributed by atoms with Crippen molar-refractivity contribution in [3.63, 3.8) is 0 Å². The number of nitrogens with zero attached hydrogens (tertiary/aromatic N) is 1. The lowest BCUT2D eigenvalue weighted by Gasteiger charge is -2.28. The van der Waals surface area contributed by atoms with E-state index in [1.165, 1.54) is 16.7 Å². The maximum absolute atomic E-state index is 13.0. The fourth-order valence-electron chi connectivity index (χ4n) is 3.11. The number of hydrogen-bond acceptors (Lipinski definition) is 3. The molecule has 2 aromatic rings. The van der Waals surface area contributed by atoms with Crippen LogP contribution in [0, 0.1) is 6.92 Å². The highest BCUT2D eigenvalue weighted by molar-refractivity contribution is 7.99. The minimum atomic E-state index is -0.475. The summed E-state index contributed by atoms with van der Waals surface area (Å²) in [7, 11) is 0. The van der Waals surface area contributed by atoms with Gasteiger partial charge in [-0.15, -0.1) is 11.8 Å². The van der Waals surface area contributed by atoms with E-state index in [1.807, 2.05) is 38.1 Å². The Morgan fingerprint density at radius 3 is 2.48 bits per heavy atom. The van der Waals surface area contributed by atoms with Gasteiger partial charge in [-0.05, 0) is 37.8 Å². The van der Waals surface area contributed by atoms with Crippen LogP contribution in [0.25, 0.3) is 0 Å². The predicted molar refractivity (Wildman–Crippen MR) is 122 cm³/mol. The van der Waals surface area contributed by atoms with Gasteiger partial charge in [-0.2, -0.15) is 0 Å². The van der Waals surface area contributed by atoms with Crippen LogP contribution in [0.5, 0.6) is 0 Å². The van der Waals surface area contributed by atoms with Crippen LogP contribution < -0.4 is 5.32 Å². The molecule has 0 radical (unpaired) electrons. The molecule has 0 spiro atoms. The van der Waals surface area contributed by atoms with Gasteiger partial charge >= 0.3 is 0 Å². The van der Waals surface area contributed by atoms with Gasteiger partial charge in [0, 0.05) is 18.8 Å². The molecule has 0 aliphatic heterocycles. The third-order valence-electron chi connectivity index (χ3n) is 4.78. The van der Waals surface area contributed by atoms with Crippen molar-refractivity contribution < 1.29 is 9.59 Å². The lowest BCUT2D eigenvalue weighted by Crippen LogP contribution is -2.49. The van der Waals surface area contributed by atoms with Crippen molar-refractivity contribution in [3.05, 3.63) is 71.3 Å². The van der Waals surface area contributed by atoms with Crippen molar-refractivity contribution in [2.24, 2.45) is 0 Å². The zero-order chi connectivity index (χ0) is 21.1. The van der Waals surface area contributed by atoms with Gasteiger partial charge in [0.2, 0.25) is 11.8 Å². The molecule has 29 heavy (non-hydrogen) atoms. The average Bonchev–Trinajstić information content (AvgIpc) is 2.72. The second-order valence-corrected chi connectivity index (χ2v) is 8.26. The zero-order valence-electron chi connectivity index (χ0n) is 17.7. The molecule has 0 aliphatic carbocycles. The number of nitrogens with one attached hydrogen (secondary N) is 1. The largest absolute Gasteiger partial charge is 0.354 e. The van der Waals surface area contributed by atoms with Gasteiger partial charge in [0.1, 0.15) is 6.04 Å². The number of rotatable bonds is 11. The molecule has 0 bridgehead atoms. The number of thioether (sulfide) groups is 1. The van der Waals surface area contributed by atoms with E-state index < -0.39 is 6.04 Å². The summed E-state index contributed by atoms with van der Waals surface area (Å²) in [6.07, 6.45) is 1.61. The summed E-state index contributed by atoms with van der Waals surface area (Å²) in [6.45, 7) is 7.08. The Hall–Kier alpha value is -2.27. The maximum Gasteiger partial charge on any atom is 0.242 e. The first-order chi connectivity index (χ1) is 14.0. The highest BCUT2D eigenvalue weighted by Gasteiger charge is 2.25. The first-order valence-electron chi connectivity index (χ1n) is 10.3. The smallest absolute Gasteiger partial charge is 0.242 e. The van der Waals surface area contributed by atoms with Gasteiger partial charge in [-0.25, -0.2) is 0 Å². The maximum atomic E-state index is 13.0. The zero-order valence-corrected chi connectivity index (χ0v) is 18.5. The minimum Gasteiger partial charge on any atom is -0.354 e. The molecule has 0 aromatic heterocycles. The topological polar surface area (TPSA) is 49.4 Å². The van der Waals surface area contributed by atoms with Crippen molar-refractivity contribution in [2.45, 2.75) is 45.4 Å². The Bertz CT molecular complexity index is 779. The monoisotopic (exact) mass is 412 g/mol. The van der Waals surface area contributed by atoms with Crippen molar-refractivity contribution >= 4 is 23.6 Å². The number of benzene rings is 2. The number of hydrogen-bond donors (Lipinski definition) is 1. The van der Waals surface area contributed by atoms with Crippen LogP contribution in [0.15, 0.2) is 54.6 Å². The van der Waals surface area contributed by atoms with Gasteiger partial charge in [-0.3, -0.25) is 9.59 Å². The molecule has 0 saturated carbocycles. The Balaban J connectivity index is 1.97. The van der Waals surface area contributed by atoms with E-state index in [-0.39, 0.29) is 11.8 Å². The molecule has 2 rings (SSSR count). The van der Waals surface area contributed by atoms with Crippen molar-refractivity contribution in [3.8, 4) is 0 Å². The Morgan fingerprint density at radius 2 is 1.79 bits per heavy atom.